The van der Waals surface area contributed by atoms with Crippen LogP contribution in [0.1, 0.15) is 20.8 Å². The van der Waals surface area contributed by atoms with Crippen LogP contribution in [0.2, 0.25) is 5.02 Å². The molecule has 0 aliphatic carbocycles. The van der Waals surface area contributed by atoms with Gasteiger partial charge in [-0.2, -0.15) is 0 Å². The number of halogens is 1. The molecule has 0 aliphatic rings. The van der Waals surface area contributed by atoms with E-state index in [0.29, 0.717) is 6.61 Å². The van der Waals surface area contributed by atoms with Gasteiger partial charge in [0.15, 0.2) is 0 Å². The largest absolute Gasteiger partial charge is 0.492 e. The van der Waals surface area contributed by atoms with Crippen LogP contribution in [0.5, 0.6) is 5.75 Å². The topological polar surface area (TPSA) is 24.5 Å². The van der Waals surface area contributed by atoms with E-state index in [1.54, 1.807) is 0 Å². The molecule has 4 heteroatoms. The summed E-state index contributed by atoms with van der Waals surface area (Å²) in [4.78, 5) is 2.26. The second-order valence-electron chi connectivity index (χ2n) is 5.78. The minimum Gasteiger partial charge on any atom is -0.492 e. The number of benzene rings is 1. The zero-order valence-electron chi connectivity index (χ0n) is 12.4. The number of ether oxygens (including phenoxy) is 1. The number of rotatable bonds is 7. The van der Waals surface area contributed by atoms with Gasteiger partial charge in [0.05, 0.1) is 0 Å². The van der Waals surface area contributed by atoms with Gasteiger partial charge in [0.1, 0.15) is 12.4 Å². The first kappa shape index (κ1) is 16.3. The molecule has 19 heavy (non-hydrogen) atoms. The summed E-state index contributed by atoms with van der Waals surface area (Å²) >= 11 is 5.82. The highest BCUT2D eigenvalue weighted by Crippen LogP contribution is 2.15. The highest BCUT2D eigenvalue weighted by Gasteiger charge is 2.08. The summed E-state index contributed by atoms with van der Waals surface area (Å²) in [6, 6.07) is 7.47. The van der Waals surface area contributed by atoms with Gasteiger partial charge in [0, 0.05) is 30.2 Å². The third-order valence-electron chi connectivity index (χ3n) is 2.70. The van der Waals surface area contributed by atoms with Crippen molar-refractivity contribution in [2.24, 2.45) is 0 Å². The lowest BCUT2D eigenvalue weighted by Gasteiger charge is -2.23. The molecule has 0 unspecified atom stereocenters. The van der Waals surface area contributed by atoms with Gasteiger partial charge >= 0.3 is 0 Å². The Morgan fingerprint density at radius 3 is 2.37 bits per heavy atom. The molecule has 0 saturated carbocycles. The Morgan fingerprint density at radius 2 is 1.79 bits per heavy atom. The molecule has 1 aromatic rings. The lowest BCUT2D eigenvalue weighted by molar-refractivity contribution is 0.233. The Kier molecular flexibility index (Phi) is 6.63. The summed E-state index contributed by atoms with van der Waals surface area (Å²) < 4.78 is 5.66. The fraction of sp³-hybridized carbons (Fsp3) is 0.600. The molecule has 0 aromatic heterocycles. The molecule has 0 atom stereocenters. The predicted octanol–water partition coefficient (Wildman–Crippen LogP) is 3.04. The third-order valence-corrected chi connectivity index (χ3v) is 2.96. The highest BCUT2D eigenvalue weighted by atomic mass is 35.5. The molecule has 0 saturated heterocycles. The van der Waals surface area contributed by atoms with Gasteiger partial charge < -0.3 is 15.0 Å². The summed E-state index contributed by atoms with van der Waals surface area (Å²) in [6.07, 6.45) is 0. The summed E-state index contributed by atoms with van der Waals surface area (Å²) in [5.74, 6) is 0.866. The number of hydrogen-bond donors (Lipinski definition) is 1. The first-order valence-electron chi connectivity index (χ1n) is 6.69. The lowest BCUT2D eigenvalue weighted by atomic mass is 10.1. The van der Waals surface area contributed by atoms with Crippen molar-refractivity contribution in [3.8, 4) is 5.75 Å². The Hall–Kier alpha value is -0.770. The average Bonchev–Trinajstić information content (AvgIpc) is 2.30. The standard InChI is InChI=1S/C15H25ClN2O/c1-15(2,3)17-9-10-18(4)11-12-19-14-7-5-13(16)6-8-14/h5-8,17H,9-12H2,1-4H3. The highest BCUT2D eigenvalue weighted by molar-refractivity contribution is 6.30. The average molecular weight is 285 g/mol. The maximum absolute atomic E-state index is 5.82. The van der Waals surface area contributed by atoms with Crippen LogP contribution in [0.4, 0.5) is 0 Å². The number of likely N-dealkylation sites (N-methyl/N-ethyl adjacent to an activating group) is 1. The summed E-state index contributed by atoms with van der Waals surface area (Å²) in [5, 5.41) is 4.20. The van der Waals surface area contributed by atoms with Crippen molar-refractivity contribution >= 4 is 11.6 Å². The van der Waals surface area contributed by atoms with Crippen molar-refractivity contribution in [2.75, 3.05) is 33.3 Å². The second kappa shape index (κ2) is 7.73. The minimum atomic E-state index is 0.181. The minimum absolute atomic E-state index is 0.181. The predicted molar refractivity (Wildman–Crippen MR) is 82.2 cm³/mol. The molecule has 0 aliphatic heterocycles. The summed E-state index contributed by atoms with van der Waals surface area (Å²) in [6.45, 7) is 10.1. The first-order chi connectivity index (χ1) is 8.87. The van der Waals surface area contributed by atoms with Crippen LogP contribution in [0.25, 0.3) is 0 Å². The molecule has 1 aromatic carbocycles. The number of nitrogens with zero attached hydrogens (tertiary/aromatic N) is 1. The number of hydrogen-bond acceptors (Lipinski definition) is 3. The van der Waals surface area contributed by atoms with E-state index in [2.05, 4.69) is 38.0 Å². The van der Waals surface area contributed by atoms with E-state index < -0.39 is 0 Å². The van der Waals surface area contributed by atoms with Crippen LogP contribution in [0, 0.1) is 0 Å². The fourth-order valence-corrected chi connectivity index (χ4v) is 1.71. The van der Waals surface area contributed by atoms with E-state index >= 15 is 0 Å². The van der Waals surface area contributed by atoms with Crippen LogP contribution in [0.15, 0.2) is 24.3 Å². The maximum atomic E-state index is 5.82. The molecule has 1 N–H and O–H groups in total. The van der Waals surface area contributed by atoms with Gasteiger partial charge in [-0.3, -0.25) is 0 Å². The monoisotopic (exact) mass is 284 g/mol. The van der Waals surface area contributed by atoms with Crippen molar-refractivity contribution in [3.63, 3.8) is 0 Å². The zero-order chi connectivity index (χ0) is 14.3. The maximum Gasteiger partial charge on any atom is 0.119 e. The first-order valence-corrected chi connectivity index (χ1v) is 7.06. The van der Waals surface area contributed by atoms with Gasteiger partial charge in [-0.05, 0) is 52.1 Å². The Balaban J connectivity index is 2.13. The van der Waals surface area contributed by atoms with E-state index in [9.17, 15) is 0 Å². The van der Waals surface area contributed by atoms with E-state index in [1.165, 1.54) is 0 Å². The van der Waals surface area contributed by atoms with Gasteiger partial charge in [0.25, 0.3) is 0 Å². The van der Waals surface area contributed by atoms with E-state index in [4.69, 9.17) is 16.3 Å². The summed E-state index contributed by atoms with van der Waals surface area (Å²) in [7, 11) is 2.11. The molecule has 0 bridgehead atoms. The molecular weight excluding hydrogens is 260 g/mol. The molecule has 3 nitrogen and oxygen atoms in total. The summed E-state index contributed by atoms with van der Waals surface area (Å²) in [5.41, 5.74) is 0.181. The molecule has 0 amide bonds. The van der Waals surface area contributed by atoms with Crippen LogP contribution >= 0.6 is 11.6 Å². The van der Waals surface area contributed by atoms with Crippen molar-refractivity contribution in [3.05, 3.63) is 29.3 Å². The molecule has 1 rings (SSSR count). The fourth-order valence-electron chi connectivity index (χ4n) is 1.58. The molecule has 0 spiro atoms. The molecule has 0 fully saturated rings. The third kappa shape index (κ3) is 8.09. The van der Waals surface area contributed by atoms with Crippen LogP contribution in [-0.4, -0.2) is 43.7 Å². The smallest absolute Gasteiger partial charge is 0.119 e. The lowest BCUT2D eigenvalue weighted by Crippen LogP contribution is -2.41. The molecule has 108 valence electrons. The van der Waals surface area contributed by atoms with Gasteiger partial charge in [0.2, 0.25) is 0 Å². The quantitative estimate of drug-likeness (QED) is 0.833. The van der Waals surface area contributed by atoms with Gasteiger partial charge in [-0.25, -0.2) is 0 Å². The second-order valence-corrected chi connectivity index (χ2v) is 6.22. The molecule has 0 radical (unpaired) electrons. The van der Waals surface area contributed by atoms with Crippen molar-refractivity contribution in [1.82, 2.24) is 10.2 Å². The Morgan fingerprint density at radius 1 is 1.16 bits per heavy atom. The van der Waals surface area contributed by atoms with Crippen molar-refractivity contribution in [2.45, 2.75) is 26.3 Å². The van der Waals surface area contributed by atoms with E-state index in [0.717, 1.165) is 30.4 Å². The molecule has 0 heterocycles. The Bertz CT molecular complexity index is 359. The van der Waals surface area contributed by atoms with Crippen molar-refractivity contribution in [1.29, 1.82) is 0 Å². The van der Waals surface area contributed by atoms with Crippen molar-refractivity contribution < 1.29 is 4.74 Å². The zero-order valence-corrected chi connectivity index (χ0v) is 13.1. The van der Waals surface area contributed by atoms with Crippen LogP contribution < -0.4 is 10.1 Å². The Labute approximate surface area is 121 Å². The van der Waals surface area contributed by atoms with Crippen LogP contribution in [0.3, 0.4) is 0 Å². The van der Waals surface area contributed by atoms with Crippen LogP contribution in [-0.2, 0) is 0 Å². The molecular formula is C15H25ClN2O. The normalized spacial score (nSPS) is 11.9. The number of nitrogens with one attached hydrogen (secondary N) is 1. The van der Waals surface area contributed by atoms with E-state index in [-0.39, 0.29) is 5.54 Å². The van der Waals surface area contributed by atoms with Gasteiger partial charge in [-0.15, -0.1) is 0 Å². The SMILES string of the molecule is CN(CCNC(C)(C)C)CCOc1ccc(Cl)cc1. The van der Waals surface area contributed by atoms with E-state index in [1.807, 2.05) is 24.3 Å². The van der Waals surface area contributed by atoms with Gasteiger partial charge in [-0.1, -0.05) is 11.6 Å².